The summed E-state index contributed by atoms with van der Waals surface area (Å²) in [5.41, 5.74) is 0. The number of quaternary nitrogens is 1. The Labute approximate surface area is 517 Å². The van der Waals surface area contributed by atoms with Gasteiger partial charge in [-0.05, 0) is 128 Å². The molecule has 1 amide bonds. The first-order valence-corrected chi connectivity index (χ1v) is 35.5. The molecule has 10 heteroatoms. The summed E-state index contributed by atoms with van der Waals surface area (Å²) in [6.07, 6.45) is 88.5. The van der Waals surface area contributed by atoms with Gasteiger partial charge >= 0.3 is 5.97 Å². The fourth-order valence-corrected chi connectivity index (χ4v) is 9.82. The molecule has 9 nitrogen and oxygen atoms in total. The maximum atomic E-state index is 13.6. The second-order valence-corrected chi connectivity index (χ2v) is 25.0. The van der Waals surface area contributed by atoms with Crippen LogP contribution in [0.5, 0.6) is 0 Å². The van der Waals surface area contributed by atoms with Gasteiger partial charge in [0.05, 0.1) is 33.8 Å². The number of nitrogens with zero attached hydrogens (tertiary/aromatic N) is 1. The lowest BCUT2D eigenvalue weighted by Crippen LogP contribution is -2.47. The quantitative estimate of drug-likeness (QED) is 0.0212. The van der Waals surface area contributed by atoms with Gasteiger partial charge in [0.1, 0.15) is 19.3 Å². The van der Waals surface area contributed by atoms with Crippen LogP contribution in [0, 0.1) is 0 Å². The van der Waals surface area contributed by atoms with Crippen LogP contribution in [0.3, 0.4) is 0 Å². The molecule has 0 bridgehead atoms. The molecule has 0 radical (unpaired) electrons. The van der Waals surface area contributed by atoms with E-state index < -0.39 is 26.6 Å². The number of carbonyl (C=O) groups excluding carboxylic acids is 2. The van der Waals surface area contributed by atoms with Crippen LogP contribution in [0.4, 0.5) is 0 Å². The zero-order valence-corrected chi connectivity index (χ0v) is 55.7. The molecule has 0 aromatic rings. The monoisotopic (exact) mass is 1190 g/mol. The molecule has 0 aliphatic carbocycles. The van der Waals surface area contributed by atoms with Gasteiger partial charge in [0.2, 0.25) is 5.91 Å². The minimum absolute atomic E-state index is 0.0362. The number of esters is 1. The number of allylic oxidation sites excluding steroid dienone is 21. The van der Waals surface area contributed by atoms with Crippen molar-refractivity contribution >= 4 is 19.7 Å². The fraction of sp³-hybridized carbons (Fsp3) is 0.676. The number of unbranched alkanes of at least 4 members (excludes halogenated alkanes) is 24. The molecule has 0 spiro atoms. The Hall–Kier alpha value is -3.85. The predicted molar refractivity (Wildman–Crippen MR) is 362 cm³/mol. The zero-order valence-electron chi connectivity index (χ0n) is 54.8. The summed E-state index contributed by atoms with van der Waals surface area (Å²) in [7, 11) is 1.14. The van der Waals surface area contributed by atoms with Gasteiger partial charge in [0.25, 0.3) is 7.82 Å². The Balaban J connectivity index is 5.23. The molecule has 0 aromatic carbocycles. The van der Waals surface area contributed by atoms with Crippen molar-refractivity contribution in [3.8, 4) is 0 Å². The summed E-state index contributed by atoms with van der Waals surface area (Å²) in [6.45, 7) is 6.67. The molecule has 0 fully saturated rings. The molecule has 0 rings (SSSR count). The Morgan fingerprint density at radius 3 is 1.17 bits per heavy atom. The zero-order chi connectivity index (χ0) is 61.4. The lowest BCUT2D eigenvalue weighted by atomic mass is 10.0. The topological polar surface area (TPSA) is 114 Å². The van der Waals surface area contributed by atoms with E-state index in [0.29, 0.717) is 23.9 Å². The van der Waals surface area contributed by atoms with Crippen LogP contribution in [-0.4, -0.2) is 69.4 Å². The normalized spacial score (nSPS) is 14.4. The van der Waals surface area contributed by atoms with E-state index in [4.69, 9.17) is 13.8 Å². The smallest absolute Gasteiger partial charge is 0.306 e. The van der Waals surface area contributed by atoms with Crippen LogP contribution in [0.15, 0.2) is 134 Å². The van der Waals surface area contributed by atoms with Gasteiger partial charge < -0.3 is 28.5 Å². The number of phosphoric acid groups is 1. The molecule has 0 aromatic heterocycles. The Kier molecular flexibility index (Phi) is 59.4. The number of phosphoric ester groups is 1. The molecular formula is C74H127N2O7P. The largest absolute Gasteiger partial charge is 0.756 e. The van der Waals surface area contributed by atoms with E-state index in [1.165, 1.54) is 77.0 Å². The van der Waals surface area contributed by atoms with E-state index in [2.05, 4.69) is 148 Å². The van der Waals surface area contributed by atoms with Gasteiger partial charge in [-0.3, -0.25) is 14.2 Å². The van der Waals surface area contributed by atoms with Gasteiger partial charge in [-0.15, -0.1) is 0 Å². The van der Waals surface area contributed by atoms with Crippen molar-refractivity contribution in [3.05, 3.63) is 134 Å². The van der Waals surface area contributed by atoms with Gasteiger partial charge in [-0.1, -0.05) is 264 Å². The van der Waals surface area contributed by atoms with E-state index in [-0.39, 0.29) is 31.3 Å². The average Bonchev–Trinajstić information content (AvgIpc) is 3.64. The Morgan fingerprint density at radius 2 is 0.762 bits per heavy atom. The molecule has 1 N–H and O–H groups in total. The van der Waals surface area contributed by atoms with Crippen LogP contribution < -0.4 is 10.2 Å². The highest BCUT2D eigenvalue weighted by atomic mass is 31.2. The molecule has 0 aliphatic heterocycles. The summed E-state index contributed by atoms with van der Waals surface area (Å²) in [5, 5.41) is 3.02. The molecule has 3 unspecified atom stereocenters. The third-order valence-electron chi connectivity index (χ3n) is 14.3. The van der Waals surface area contributed by atoms with Crippen LogP contribution in [0.2, 0.25) is 0 Å². The fourth-order valence-electron chi connectivity index (χ4n) is 9.10. The number of amides is 1. The Bertz CT molecular complexity index is 1900. The van der Waals surface area contributed by atoms with Gasteiger partial charge in [-0.25, -0.2) is 0 Å². The molecule has 0 saturated heterocycles. The van der Waals surface area contributed by atoms with E-state index in [0.717, 1.165) is 148 Å². The number of carbonyl (C=O) groups is 2. The number of nitrogens with one attached hydrogen (secondary N) is 1. The first-order chi connectivity index (χ1) is 40.9. The van der Waals surface area contributed by atoms with Crippen molar-refractivity contribution in [3.63, 3.8) is 0 Å². The highest BCUT2D eigenvalue weighted by Gasteiger charge is 2.27. The standard InChI is InChI=1S/C74H127N2O7P/c1-7-10-13-16-19-22-25-28-30-32-34-36-37-38-39-41-43-45-47-49-52-55-58-61-64-67-74(78)83-72(65-62-59-56-53-50-27-24-21-18-15-12-9-3)71(70-82-84(79,80)81-69-68-76(4,5)6)75-73(77)66-63-60-57-54-51-48-46-44-42-40-35-33-31-29-26-23-20-17-14-11-8-2/h10,13,19-20,22-23,28-31,34-36,38-40,43-46,62,65,71-72H,7-9,11-12,14-18,21,24-27,32-33,37,41-42,47-61,63-64,66-70H2,1-6H3,(H-,75,77,79,80)/b13-10-,22-19-,23-20-,30-28-,31-29-,36-34-,39-38-,40-35-,45-43-,46-44-,65-62+. The number of ether oxygens (including phenoxy) is 1. The maximum Gasteiger partial charge on any atom is 0.306 e. The molecule has 0 aliphatic rings. The minimum atomic E-state index is -4.72. The summed E-state index contributed by atoms with van der Waals surface area (Å²) in [6, 6.07) is -0.915. The van der Waals surface area contributed by atoms with Crippen molar-refractivity contribution in [2.24, 2.45) is 0 Å². The minimum Gasteiger partial charge on any atom is -0.756 e. The van der Waals surface area contributed by atoms with Gasteiger partial charge in [-0.2, -0.15) is 0 Å². The number of likely N-dealkylation sites (N-methyl/N-ethyl adjacent to an activating group) is 1. The summed E-state index contributed by atoms with van der Waals surface area (Å²) in [4.78, 5) is 40.1. The van der Waals surface area contributed by atoms with Crippen molar-refractivity contribution in [2.45, 2.75) is 283 Å². The lowest BCUT2D eigenvalue weighted by molar-refractivity contribution is -0.870. The number of hydrogen-bond acceptors (Lipinski definition) is 7. The number of hydrogen-bond donors (Lipinski definition) is 1. The molecule has 0 saturated carbocycles. The second kappa shape index (κ2) is 62.2. The van der Waals surface area contributed by atoms with E-state index in [9.17, 15) is 19.0 Å². The molecule has 84 heavy (non-hydrogen) atoms. The van der Waals surface area contributed by atoms with E-state index >= 15 is 0 Å². The van der Waals surface area contributed by atoms with Crippen molar-refractivity contribution in [1.29, 1.82) is 0 Å². The van der Waals surface area contributed by atoms with Crippen molar-refractivity contribution < 1.29 is 37.3 Å². The van der Waals surface area contributed by atoms with Crippen LogP contribution in [0.25, 0.3) is 0 Å². The highest BCUT2D eigenvalue weighted by Crippen LogP contribution is 2.38. The van der Waals surface area contributed by atoms with Crippen LogP contribution in [0.1, 0.15) is 271 Å². The summed E-state index contributed by atoms with van der Waals surface area (Å²) < 4.78 is 30.4. The van der Waals surface area contributed by atoms with Gasteiger partial charge in [0, 0.05) is 12.8 Å². The van der Waals surface area contributed by atoms with E-state index in [1.54, 1.807) is 0 Å². The Morgan fingerprint density at radius 1 is 0.429 bits per heavy atom. The predicted octanol–water partition coefficient (Wildman–Crippen LogP) is 21.0. The first-order valence-electron chi connectivity index (χ1n) is 34.0. The van der Waals surface area contributed by atoms with Crippen LogP contribution in [-0.2, 0) is 27.9 Å². The second-order valence-electron chi connectivity index (χ2n) is 23.6. The van der Waals surface area contributed by atoms with Crippen molar-refractivity contribution in [2.75, 3.05) is 40.9 Å². The summed E-state index contributed by atoms with van der Waals surface area (Å²) >= 11 is 0. The molecule has 3 atom stereocenters. The third kappa shape index (κ3) is 62.7. The van der Waals surface area contributed by atoms with E-state index in [1.807, 2.05) is 33.3 Å². The average molecular weight is 1190 g/mol. The van der Waals surface area contributed by atoms with Crippen molar-refractivity contribution in [1.82, 2.24) is 5.32 Å². The molecule has 0 heterocycles. The SMILES string of the molecule is CC/C=C\C/C=C\C/C=C\C/C=C\C/C=C\C/C=C\CCCCCCCCC(=O)OC(/C=C/CCCCCCCCCCCC)C(COP(=O)([O-])OCC[N+](C)(C)C)NC(=O)CCCCCCC/C=C\C/C=C\C/C=C\C/C=C\CCCCC. The first kappa shape index (κ1) is 80.2. The maximum absolute atomic E-state index is 13.6. The molecule has 480 valence electrons. The van der Waals surface area contributed by atoms with Crippen LogP contribution >= 0.6 is 7.82 Å². The van der Waals surface area contributed by atoms with Gasteiger partial charge in [0.15, 0.2) is 0 Å². The molecular weight excluding hydrogens is 1060 g/mol. The number of rotatable bonds is 60. The highest BCUT2D eigenvalue weighted by molar-refractivity contribution is 7.45. The summed E-state index contributed by atoms with van der Waals surface area (Å²) in [5.74, 6) is -0.586. The lowest BCUT2D eigenvalue weighted by Gasteiger charge is -2.30. The third-order valence-corrected chi connectivity index (χ3v) is 15.3.